The lowest BCUT2D eigenvalue weighted by molar-refractivity contribution is -0.136. The van der Waals surface area contributed by atoms with Crippen LogP contribution >= 0.6 is 0 Å². The molecule has 0 saturated carbocycles. The van der Waals surface area contributed by atoms with E-state index < -0.39 is 59.8 Å². The van der Waals surface area contributed by atoms with E-state index in [9.17, 15) is 24.3 Å². The molecule has 3 aromatic carbocycles. The summed E-state index contributed by atoms with van der Waals surface area (Å²) in [6.45, 7) is 9.09. The first-order valence-electron chi connectivity index (χ1n) is 24.3. The van der Waals surface area contributed by atoms with Gasteiger partial charge in [-0.3, -0.25) is 9.59 Å². The van der Waals surface area contributed by atoms with Crippen LogP contribution in [-0.4, -0.2) is 104 Å². The van der Waals surface area contributed by atoms with Gasteiger partial charge in [-0.1, -0.05) is 39.8 Å². The number of carbonyl (C=O) groups excluding carboxylic acids is 3. The number of carboxylic acid groups (broad SMARTS) is 1. The van der Waals surface area contributed by atoms with Gasteiger partial charge >= 0.3 is 12.2 Å². The number of likely N-dealkylation sites (tertiary alicyclic amines) is 2. The average molecular weight is 955 g/mol. The van der Waals surface area contributed by atoms with Gasteiger partial charge in [0.25, 0.3) is 0 Å². The summed E-state index contributed by atoms with van der Waals surface area (Å²) in [5.41, 5.74) is 3.63. The Hall–Kier alpha value is -6.53. The van der Waals surface area contributed by atoms with Crippen LogP contribution in [0.2, 0.25) is 0 Å². The van der Waals surface area contributed by atoms with Gasteiger partial charge in [0.05, 0.1) is 59.0 Å². The number of methoxy groups -OCH3 is 1. The number of piperidine rings is 1. The van der Waals surface area contributed by atoms with Gasteiger partial charge in [-0.2, -0.15) is 0 Å². The largest absolute Gasteiger partial charge is 0.465 e. The second kappa shape index (κ2) is 19.5. The molecule has 0 bridgehead atoms. The average Bonchev–Trinajstić information content (AvgIpc) is 4.19. The highest BCUT2D eigenvalue weighted by atomic mass is 19.2. The number of ether oxygens (including phenoxy) is 1. The molecule has 4 saturated heterocycles. The molecule has 6 atom stereocenters. The van der Waals surface area contributed by atoms with E-state index in [1.165, 1.54) is 7.11 Å². The number of rotatable bonds is 12. The summed E-state index contributed by atoms with van der Waals surface area (Å²) in [5.74, 6) is -3.05. The van der Waals surface area contributed by atoms with E-state index >= 15 is 13.2 Å². The van der Waals surface area contributed by atoms with Crippen molar-refractivity contribution in [2.24, 2.45) is 11.8 Å². The molecule has 0 spiro atoms. The van der Waals surface area contributed by atoms with Gasteiger partial charge in [-0.15, -0.1) is 0 Å². The third-order valence-corrected chi connectivity index (χ3v) is 14.6. The zero-order valence-electron chi connectivity index (χ0n) is 39.7. The Kier molecular flexibility index (Phi) is 13.4. The lowest BCUT2D eigenvalue weighted by atomic mass is 10.0. The number of benzene rings is 3. The van der Waals surface area contributed by atoms with Gasteiger partial charge in [-0.25, -0.2) is 32.7 Å². The number of nitrogens with zero attached hydrogens (tertiary/aromatic N) is 6. The third-order valence-electron chi connectivity index (χ3n) is 14.6. The Morgan fingerprint density at radius 3 is 1.65 bits per heavy atom. The fourth-order valence-corrected chi connectivity index (χ4v) is 11.1. The maximum atomic E-state index is 16.9. The van der Waals surface area contributed by atoms with Crippen LogP contribution in [0.1, 0.15) is 132 Å². The molecule has 2 aromatic heterocycles. The molecule has 5 N–H and O–H groups in total. The van der Waals surface area contributed by atoms with E-state index in [1.54, 1.807) is 33.4 Å². The number of hydrogen-bond acceptors (Lipinski definition) is 9. The number of alkyl carbamates (subject to hydrolysis) is 1. The van der Waals surface area contributed by atoms with Crippen LogP contribution in [-0.2, 0) is 14.3 Å². The molecule has 5 aromatic rings. The van der Waals surface area contributed by atoms with Gasteiger partial charge in [0.15, 0.2) is 17.5 Å². The number of carbonyl (C=O) groups is 4. The molecule has 0 radical (unpaired) electrons. The number of anilines is 2. The summed E-state index contributed by atoms with van der Waals surface area (Å²) < 4.78 is 54.5. The molecular formula is C50H61F3N10O6. The number of halogens is 3. The molecular weight excluding hydrogens is 894 g/mol. The first-order chi connectivity index (χ1) is 33.1. The first-order valence-corrected chi connectivity index (χ1v) is 24.3. The lowest BCUT2D eigenvalue weighted by Crippen LogP contribution is -2.51. The highest BCUT2D eigenvalue weighted by molar-refractivity contribution is 5.87. The van der Waals surface area contributed by atoms with Crippen molar-refractivity contribution in [2.75, 3.05) is 43.1 Å². The number of fused-ring (bicyclic) bond motifs is 2. The number of nitrogens with one attached hydrogen (secondary N) is 4. The van der Waals surface area contributed by atoms with E-state index in [4.69, 9.17) is 14.7 Å². The van der Waals surface area contributed by atoms with Crippen molar-refractivity contribution in [1.82, 2.24) is 40.4 Å². The van der Waals surface area contributed by atoms with Crippen molar-refractivity contribution in [3.63, 3.8) is 0 Å². The highest BCUT2D eigenvalue weighted by Crippen LogP contribution is 2.50. The standard InChI is InChI=1S/C50H61F3N10O6/c1-26(2)42(58-49(66)67)47(64)61-21-9-11-37(61)45-54-31-15-13-28(23-33(31)56-45)35-17-18-36(63(35)39-25-30(51)44(41(53)40(39)52)60-19-7-6-8-20-60)29-14-16-32-34(24-29)57-46(55-32)38-12-10-22-62(38)48(65)43(27(3)4)59-50(68)69-5/h13-16,23-27,35-38,42-43,58H,6-12,17-22H2,1-5H3,(H,54,56)(H,55,57)(H,59,68)(H,66,67)/t35-,36-,37+,38+,42+,43+/m1/s1. The van der Waals surface area contributed by atoms with Crippen molar-refractivity contribution < 1.29 is 42.2 Å². The van der Waals surface area contributed by atoms with Gasteiger partial charge in [0, 0.05) is 32.2 Å². The second-order valence-electron chi connectivity index (χ2n) is 19.6. The molecule has 16 nitrogen and oxygen atoms in total. The van der Waals surface area contributed by atoms with Crippen LogP contribution in [0.25, 0.3) is 22.1 Å². The molecule has 4 fully saturated rings. The van der Waals surface area contributed by atoms with Crippen LogP contribution in [0.5, 0.6) is 0 Å². The van der Waals surface area contributed by atoms with E-state index in [-0.39, 0.29) is 41.1 Å². The van der Waals surface area contributed by atoms with E-state index in [0.717, 1.165) is 42.9 Å². The smallest absolute Gasteiger partial charge is 0.407 e. The molecule has 4 amide bonds. The fraction of sp³-hybridized carbons (Fsp3) is 0.520. The summed E-state index contributed by atoms with van der Waals surface area (Å²) in [7, 11) is 1.25. The summed E-state index contributed by atoms with van der Waals surface area (Å²) in [6.07, 6.45) is 4.24. The number of aromatic amines is 2. The fourth-order valence-electron chi connectivity index (χ4n) is 11.1. The summed E-state index contributed by atoms with van der Waals surface area (Å²) >= 11 is 0. The summed E-state index contributed by atoms with van der Waals surface area (Å²) in [5, 5.41) is 14.5. The Labute approximate surface area is 398 Å². The number of H-pyrrole nitrogens is 2. The minimum Gasteiger partial charge on any atom is -0.465 e. The number of hydrogen-bond donors (Lipinski definition) is 5. The zero-order chi connectivity index (χ0) is 48.8. The van der Waals surface area contributed by atoms with Crippen LogP contribution in [0.4, 0.5) is 34.1 Å². The maximum absolute atomic E-state index is 16.9. The van der Waals surface area contributed by atoms with Crippen LogP contribution in [0.15, 0.2) is 42.5 Å². The molecule has 19 heteroatoms. The molecule has 9 rings (SSSR count). The zero-order valence-corrected chi connectivity index (χ0v) is 39.7. The van der Waals surface area contributed by atoms with E-state index in [2.05, 4.69) is 20.6 Å². The predicted molar refractivity (Wildman–Crippen MR) is 253 cm³/mol. The Bertz CT molecular complexity index is 2760. The highest BCUT2D eigenvalue weighted by Gasteiger charge is 2.42. The van der Waals surface area contributed by atoms with Crippen LogP contribution in [0.3, 0.4) is 0 Å². The van der Waals surface area contributed by atoms with E-state index in [0.29, 0.717) is 92.0 Å². The summed E-state index contributed by atoms with van der Waals surface area (Å²) in [4.78, 5) is 74.9. The number of aromatic nitrogens is 4. The molecule has 69 heavy (non-hydrogen) atoms. The van der Waals surface area contributed by atoms with Crippen molar-refractivity contribution >= 4 is 57.4 Å². The quantitative estimate of drug-likeness (QED) is 0.0755. The monoisotopic (exact) mass is 954 g/mol. The minimum atomic E-state index is -1.27. The van der Waals surface area contributed by atoms with Crippen LogP contribution < -0.4 is 20.4 Å². The summed E-state index contributed by atoms with van der Waals surface area (Å²) in [6, 6.07) is 8.94. The van der Waals surface area contributed by atoms with Crippen LogP contribution in [0, 0.1) is 29.3 Å². The predicted octanol–water partition coefficient (Wildman–Crippen LogP) is 8.93. The Morgan fingerprint density at radius 2 is 1.17 bits per heavy atom. The normalized spacial score (nSPS) is 21.8. The van der Waals surface area contributed by atoms with Gasteiger partial charge in [-0.05, 0) is 105 Å². The third kappa shape index (κ3) is 9.11. The molecule has 0 unspecified atom stereocenters. The van der Waals surface area contributed by atoms with Gasteiger partial charge in [0.2, 0.25) is 11.8 Å². The van der Waals surface area contributed by atoms with Crippen molar-refractivity contribution in [3.8, 4) is 0 Å². The second-order valence-corrected chi connectivity index (χ2v) is 19.6. The van der Waals surface area contributed by atoms with Gasteiger partial charge in [0.1, 0.15) is 29.4 Å². The molecule has 4 aliphatic rings. The molecule has 4 aliphatic heterocycles. The van der Waals surface area contributed by atoms with E-state index in [1.807, 2.05) is 50.2 Å². The maximum Gasteiger partial charge on any atom is 0.407 e. The van der Waals surface area contributed by atoms with Crippen molar-refractivity contribution in [3.05, 3.63) is 82.7 Å². The Morgan fingerprint density at radius 1 is 0.667 bits per heavy atom. The first kappa shape index (κ1) is 47.5. The SMILES string of the molecule is COC(=O)N[C@H](C(=O)N1CCC[C@H]1c1nc2ccc([C@H]3CC[C@H](c4ccc5nc([C@@H]6CCCN6C(=O)[C@@H](NC(=O)O)C(C)C)[nH]c5c4)N3c3cc(F)c(N4CCCCC4)c(F)c3F)cc2[nH]1)C(C)C. The number of imidazole rings is 2. The van der Waals surface area contributed by atoms with Gasteiger partial charge < -0.3 is 50.0 Å². The van der Waals surface area contributed by atoms with Crippen molar-refractivity contribution in [1.29, 1.82) is 0 Å². The van der Waals surface area contributed by atoms with Crippen molar-refractivity contribution in [2.45, 2.75) is 122 Å². The molecule has 0 aliphatic carbocycles. The number of amides is 4. The minimum absolute atomic E-state index is 0.191. The topological polar surface area (TPSA) is 192 Å². The molecule has 368 valence electrons. The molecule has 6 heterocycles. The lowest BCUT2D eigenvalue weighted by Gasteiger charge is -2.35. The Balaban J connectivity index is 1.06.